The minimum absolute atomic E-state index is 0.250. The van der Waals surface area contributed by atoms with Gasteiger partial charge in [0.2, 0.25) is 0 Å². The molecule has 0 amide bonds. The van der Waals surface area contributed by atoms with Crippen LogP contribution in [0, 0.1) is 0 Å². The van der Waals surface area contributed by atoms with E-state index < -0.39 is 6.43 Å². The number of nitrogens with one attached hydrogen (secondary N) is 1. The summed E-state index contributed by atoms with van der Waals surface area (Å²) in [5, 5.41) is 11.4. The summed E-state index contributed by atoms with van der Waals surface area (Å²) in [6.07, 6.45) is -1.20. The second-order valence-electron chi connectivity index (χ2n) is 2.59. The lowest BCUT2D eigenvalue weighted by atomic mass is 10.2. The van der Waals surface area contributed by atoms with E-state index in [1.165, 1.54) is 0 Å². The number of rotatable bonds is 6. The predicted octanol–water partition coefficient (Wildman–Crippen LogP) is 1.00. The van der Waals surface area contributed by atoms with Gasteiger partial charge in [-0.05, 0) is 26.3 Å². The molecule has 0 rings (SSSR count). The van der Waals surface area contributed by atoms with Gasteiger partial charge in [-0.15, -0.1) is 0 Å². The van der Waals surface area contributed by atoms with Crippen molar-refractivity contribution in [2.45, 2.75) is 32.3 Å². The molecule has 0 radical (unpaired) electrons. The largest absolute Gasteiger partial charge is 0.393 e. The normalized spacial score (nSPS) is 13.9. The Morgan fingerprint density at radius 3 is 2.55 bits per heavy atom. The summed E-state index contributed by atoms with van der Waals surface area (Å²) in [6.45, 7) is 1.99. The van der Waals surface area contributed by atoms with Crippen molar-refractivity contribution in [2.75, 3.05) is 13.1 Å². The molecule has 0 aliphatic heterocycles. The molecule has 1 atom stereocenters. The lowest BCUT2D eigenvalue weighted by Gasteiger charge is -2.04. The summed E-state index contributed by atoms with van der Waals surface area (Å²) < 4.78 is 23.0. The Balaban J connectivity index is 2.91. The highest BCUT2D eigenvalue weighted by atomic mass is 19.3. The quantitative estimate of drug-likeness (QED) is 0.578. The Labute approximate surface area is 65.6 Å². The second kappa shape index (κ2) is 6.49. The molecule has 4 heteroatoms. The van der Waals surface area contributed by atoms with Crippen LogP contribution in [0.5, 0.6) is 0 Å². The first-order valence-electron chi connectivity index (χ1n) is 3.80. The van der Waals surface area contributed by atoms with Crippen molar-refractivity contribution in [3.05, 3.63) is 0 Å². The van der Waals surface area contributed by atoms with Crippen LogP contribution in [0.3, 0.4) is 0 Å². The van der Waals surface area contributed by atoms with E-state index in [9.17, 15) is 8.78 Å². The summed E-state index contributed by atoms with van der Waals surface area (Å²) in [5.41, 5.74) is 0. The Morgan fingerprint density at radius 2 is 2.09 bits per heavy atom. The highest BCUT2D eigenvalue weighted by Gasteiger charge is 2.00. The summed E-state index contributed by atoms with van der Waals surface area (Å²) in [5.74, 6) is 0. The van der Waals surface area contributed by atoms with E-state index in [-0.39, 0.29) is 12.6 Å². The third kappa shape index (κ3) is 9.78. The standard InChI is InChI=1S/C7H15F2NO/c1-6(11)3-2-4-10-5-7(8)9/h6-7,10-11H,2-5H2,1H3. The van der Waals surface area contributed by atoms with Crippen molar-refractivity contribution in [1.82, 2.24) is 5.32 Å². The molecule has 0 aromatic rings. The van der Waals surface area contributed by atoms with E-state index in [2.05, 4.69) is 5.32 Å². The maximum absolute atomic E-state index is 11.5. The molecule has 0 aromatic heterocycles. The van der Waals surface area contributed by atoms with Gasteiger partial charge in [0, 0.05) is 0 Å². The van der Waals surface area contributed by atoms with Crippen LogP contribution in [0.1, 0.15) is 19.8 Å². The molecule has 0 fully saturated rings. The molecule has 68 valence electrons. The van der Waals surface area contributed by atoms with Crippen molar-refractivity contribution in [2.24, 2.45) is 0 Å². The van der Waals surface area contributed by atoms with Gasteiger partial charge in [0.15, 0.2) is 0 Å². The van der Waals surface area contributed by atoms with Gasteiger partial charge in [-0.25, -0.2) is 8.78 Å². The van der Waals surface area contributed by atoms with E-state index in [0.717, 1.165) is 6.42 Å². The molecule has 2 N–H and O–H groups in total. The van der Waals surface area contributed by atoms with Crippen molar-refractivity contribution >= 4 is 0 Å². The van der Waals surface area contributed by atoms with Crippen LogP contribution in [-0.2, 0) is 0 Å². The molecule has 0 bridgehead atoms. The molecule has 0 heterocycles. The van der Waals surface area contributed by atoms with Gasteiger partial charge in [-0.3, -0.25) is 0 Å². The van der Waals surface area contributed by atoms with E-state index >= 15 is 0 Å². The summed E-state index contributed by atoms with van der Waals surface area (Å²) in [6, 6.07) is 0. The molecule has 0 saturated carbocycles. The Bertz CT molecular complexity index is 78.5. The number of hydrogen-bond donors (Lipinski definition) is 2. The van der Waals surface area contributed by atoms with Crippen LogP contribution >= 0.6 is 0 Å². The second-order valence-corrected chi connectivity index (χ2v) is 2.59. The first kappa shape index (κ1) is 10.8. The van der Waals surface area contributed by atoms with E-state index in [1.54, 1.807) is 6.92 Å². The number of halogens is 2. The van der Waals surface area contributed by atoms with Gasteiger partial charge in [-0.2, -0.15) is 0 Å². The average molecular weight is 167 g/mol. The summed E-state index contributed by atoms with van der Waals surface area (Å²) >= 11 is 0. The van der Waals surface area contributed by atoms with Crippen molar-refractivity contribution in [3.8, 4) is 0 Å². The van der Waals surface area contributed by atoms with Crippen LogP contribution in [-0.4, -0.2) is 30.7 Å². The minimum atomic E-state index is -2.28. The van der Waals surface area contributed by atoms with Gasteiger partial charge in [0.25, 0.3) is 6.43 Å². The smallest absolute Gasteiger partial charge is 0.250 e. The van der Waals surface area contributed by atoms with Crippen LogP contribution in [0.25, 0.3) is 0 Å². The molecule has 0 saturated heterocycles. The molecule has 2 nitrogen and oxygen atoms in total. The minimum Gasteiger partial charge on any atom is -0.393 e. The number of hydrogen-bond acceptors (Lipinski definition) is 2. The monoisotopic (exact) mass is 167 g/mol. The molecular formula is C7H15F2NO. The average Bonchev–Trinajstić information content (AvgIpc) is 1.85. The summed E-state index contributed by atoms with van der Waals surface area (Å²) in [4.78, 5) is 0. The lowest BCUT2D eigenvalue weighted by Crippen LogP contribution is -2.22. The topological polar surface area (TPSA) is 32.3 Å². The fourth-order valence-electron chi connectivity index (χ4n) is 0.734. The molecule has 11 heavy (non-hydrogen) atoms. The maximum Gasteiger partial charge on any atom is 0.250 e. The first-order valence-corrected chi connectivity index (χ1v) is 3.80. The van der Waals surface area contributed by atoms with Gasteiger partial charge in [0.05, 0.1) is 12.6 Å². The molecular weight excluding hydrogens is 152 g/mol. The zero-order valence-electron chi connectivity index (χ0n) is 6.69. The van der Waals surface area contributed by atoms with Crippen molar-refractivity contribution in [3.63, 3.8) is 0 Å². The van der Waals surface area contributed by atoms with Crippen LogP contribution in [0.15, 0.2) is 0 Å². The van der Waals surface area contributed by atoms with Gasteiger partial charge in [0.1, 0.15) is 0 Å². The molecule has 0 spiro atoms. The van der Waals surface area contributed by atoms with Crippen LogP contribution in [0.4, 0.5) is 8.78 Å². The number of alkyl halides is 2. The highest BCUT2D eigenvalue weighted by molar-refractivity contribution is 4.52. The number of aliphatic hydroxyl groups excluding tert-OH is 1. The van der Waals surface area contributed by atoms with Crippen molar-refractivity contribution < 1.29 is 13.9 Å². The molecule has 1 unspecified atom stereocenters. The summed E-state index contributed by atoms with van der Waals surface area (Å²) in [7, 11) is 0. The highest BCUT2D eigenvalue weighted by Crippen LogP contribution is 1.94. The maximum atomic E-state index is 11.5. The molecule has 0 aliphatic rings. The van der Waals surface area contributed by atoms with Gasteiger partial charge < -0.3 is 10.4 Å². The molecule has 0 aliphatic carbocycles. The fraction of sp³-hybridized carbons (Fsp3) is 1.00. The first-order chi connectivity index (χ1) is 5.13. The van der Waals surface area contributed by atoms with Crippen LogP contribution in [0.2, 0.25) is 0 Å². The van der Waals surface area contributed by atoms with E-state index in [1.807, 2.05) is 0 Å². The third-order valence-corrected chi connectivity index (χ3v) is 1.27. The Morgan fingerprint density at radius 1 is 1.45 bits per heavy atom. The van der Waals surface area contributed by atoms with Crippen molar-refractivity contribution in [1.29, 1.82) is 0 Å². The fourth-order valence-corrected chi connectivity index (χ4v) is 0.734. The SMILES string of the molecule is CC(O)CCCNCC(F)F. The number of aliphatic hydroxyl groups is 1. The van der Waals surface area contributed by atoms with E-state index in [0.29, 0.717) is 13.0 Å². The lowest BCUT2D eigenvalue weighted by molar-refractivity contribution is 0.144. The third-order valence-electron chi connectivity index (χ3n) is 1.27. The zero-order chi connectivity index (χ0) is 8.69. The zero-order valence-corrected chi connectivity index (χ0v) is 6.69. The Hall–Kier alpha value is -0.220. The Kier molecular flexibility index (Phi) is 6.36. The van der Waals surface area contributed by atoms with Gasteiger partial charge in [-0.1, -0.05) is 0 Å². The van der Waals surface area contributed by atoms with Gasteiger partial charge >= 0.3 is 0 Å². The van der Waals surface area contributed by atoms with E-state index in [4.69, 9.17) is 5.11 Å². The molecule has 0 aromatic carbocycles. The van der Waals surface area contributed by atoms with Crippen LogP contribution < -0.4 is 5.32 Å². The predicted molar refractivity (Wildman–Crippen MR) is 39.8 cm³/mol.